The summed E-state index contributed by atoms with van der Waals surface area (Å²) in [6, 6.07) is 13.8. The first-order chi connectivity index (χ1) is 16.5. The smallest absolute Gasteiger partial charge is 0.306 e. The van der Waals surface area contributed by atoms with E-state index in [1.165, 1.54) is 17.8 Å². The van der Waals surface area contributed by atoms with Gasteiger partial charge in [-0.25, -0.2) is 9.37 Å². The van der Waals surface area contributed by atoms with Crippen molar-refractivity contribution in [3.05, 3.63) is 82.0 Å². The minimum absolute atomic E-state index is 0.0249. The molecular formula is C24H21FN4O4S. The minimum atomic E-state index is -0.483. The number of hydrogen-bond acceptors (Lipinski definition) is 8. The lowest BCUT2D eigenvalue weighted by Gasteiger charge is -2.03. The Balaban J connectivity index is 1.24. The second-order valence-electron chi connectivity index (χ2n) is 7.26. The first-order valence-corrected chi connectivity index (χ1v) is 11.4. The van der Waals surface area contributed by atoms with Crippen LogP contribution in [0.1, 0.15) is 39.6 Å². The normalized spacial score (nSPS) is 10.8. The fourth-order valence-electron chi connectivity index (χ4n) is 3.05. The van der Waals surface area contributed by atoms with Crippen molar-refractivity contribution < 1.29 is 23.1 Å². The summed E-state index contributed by atoms with van der Waals surface area (Å²) in [6.07, 6.45) is 2.56. The highest BCUT2D eigenvalue weighted by molar-refractivity contribution is 7.13. The SMILES string of the molecule is CCc1ccc(NC(=O)c2nnc(COC(=O)CCc3ncc(-c4ccccc4F)o3)s2)cc1. The highest BCUT2D eigenvalue weighted by Gasteiger charge is 2.16. The Kier molecular flexibility index (Phi) is 7.38. The van der Waals surface area contributed by atoms with Crippen LogP contribution in [0, 0.1) is 5.82 Å². The molecule has 0 fully saturated rings. The van der Waals surface area contributed by atoms with Gasteiger partial charge in [-0.1, -0.05) is 42.5 Å². The molecule has 4 rings (SSSR count). The fraction of sp³-hybridized carbons (Fsp3) is 0.208. The third-order valence-corrected chi connectivity index (χ3v) is 5.77. The number of amides is 1. The van der Waals surface area contributed by atoms with Crippen molar-refractivity contribution in [2.45, 2.75) is 32.8 Å². The largest absolute Gasteiger partial charge is 0.458 e. The summed E-state index contributed by atoms with van der Waals surface area (Å²) >= 11 is 1.05. The Morgan fingerprint density at radius 3 is 2.68 bits per heavy atom. The molecule has 0 spiro atoms. The molecule has 10 heteroatoms. The van der Waals surface area contributed by atoms with Gasteiger partial charge in [-0.05, 0) is 36.2 Å². The van der Waals surface area contributed by atoms with Crippen LogP contribution in [0.15, 0.2) is 59.1 Å². The number of ether oxygens (including phenoxy) is 1. The maximum atomic E-state index is 13.9. The molecule has 2 heterocycles. The molecule has 2 aromatic heterocycles. The number of oxazole rings is 1. The lowest BCUT2D eigenvalue weighted by molar-refractivity contribution is -0.145. The standard InChI is InChI=1S/C24H21FN4O4S/c1-2-15-7-9-16(10-8-15)27-23(31)24-29-28-21(34-24)14-32-22(30)12-11-20-26-13-19(33-20)17-5-3-4-6-18(17)25/h3-10,13H,2,11-12,14H2,1H3,(H,27,31). The van der Waals surface area contributed by atoms with E-state index < -0.39 is 11.8 Å². The summed E-state index contributed by atoms with van der Waals surface area (Å²) in [7, 11) is 0. The Morgan fingerprint density at radius 2 is 1.91 bits per heavy atom. The van der Waals surface area contributed by atoms with Gasteiger partial charge in [0.05, 0.1) is 18.2 Å². The summed E-state index contributed by atoms with van der Waals surface area (Å²) < 4.78 is 24.6. The van der Waals surface area contributed by atoms with Gasteiger partial charge >= 0.3 is 5.97 Å². The van der Waals surface area contributed by atoms with Gasteiger partial charge in [0, 0.05) is 12.1 Å². The highest BCUT2D eigenvalue weighted by Crippen LogP contribution is 2.23. The topological polar surface area (TPSA) is 107 Å². The molecule has 0 unspecified atom stereocenters. The lowest BCUT2D eigenvalue weighted by Crippen LogP contribution is -2.11. The number of aryl methyl sites for hydroxylation is 2. The molecule has 0 bridgehead atoms. The van der Waals surface area contributed by atoms with Gasteiger partial charge in [0.2, 0.25) is 5.01 Å². The van der Waals surface area contributed by atoms with Gasteiger partial charge in [-0.2, -0.15) is 0 Å². The number of halogens is 1. The molecule has 0 atom stereocenters. The molecule has 4 aromatic rings. The van der Waals surface area contributed by atoms with Crippen LogP contribution in [0.4, 0.5) is 10.1 Å². The Labute approximate surface area is 198 Å². The molecule has 8 nitrogen and oxygen atoms in total. The number of nitrogens with one attached hydrogen (secondary N) is 1. The molecule has 0 radical (unpaired) electrons. The van der Waals surface area contributed by atoms with Crippen molar-refractivity contribution in [2.75, 3.05) is 5.32 Å². The molecule has 0 saturated heterocycles. The molecular weight excluding hydrogens is 459 g/mol. The number of hydrogen-bond donors (Lipinski definition) is 1. The highest BCUT2D eigenvalue weighted by atomic mass is 32.1. The van der Waals surface area contributed by atoms with E-state index in [-0.39, 0.29) is 30.4 Å². The van der Waals surface area contributed by atoms with Crippen molar-refractivity contribution >= 4 is 28.9 Å². The second-order valence-corrected chi connectivity index (χ2v) is 8.33. The van der Waals surface area contributed by atoms with E-state index in [0.717, 1.165) is 17.8 Å². The third-order valence-electron chi connectivity index (χ3n) is 4.87. The van der Waals surface area contributed by atoms with E-state index in [9.17, 15) is 14.0 Å². The van der Waals surface area contributed by atoms with Crippen LogP contribution in [0.25, 0.3) is 11.3 Å². The number of carbonyl (C=O) groups is 2. The van der Waals surface area contributed by atoms with Crippen LogP contribution in [-0.4, -0.2) is 27.1 Å². The first kappa shape index (κ1) is 23.2. The molecule has 1 N–H and O–H groups in total. The van der Waals surface area contributed by atoms with Crippen LogP contribution < -0.4 is 5.32 Å². The molecule has 0 aliphatic carbocycles. The van der Waals surface area contributed by atoms with Crippen molar-refractivity contribution in [3.8, 4) is 11.3 Å². The van der Waals surface area contributed by atoms with E-state index >= 15 is 0 Å². The van der Waals surface area contributed by atoms with Gasteiger partial charge in [-0.15, -0.1) is 10.2 Å². The number of benzene rings is 2. The summed E-state index contributed by atoms with van der Waals surface area (Å²) in [5.41, 5.74) is 2.14. The predicted octanol–water partition coefficient (Wildman–Crippen LogP) is 4.82. The van der Waals surface area contributed by atoms with Gasteiger partial charge in [0.15, 0.2) is 16.7 Å². The quantitative estimate of drug-likeness (QED) is 0.342. The molecule has 34 heavy (non-hydrogen) atoms. The number of aromatic nitrogens is 3. The van der Waals surface area contributed by atoms with Crippen LogP contribution in [0.5, 0.6) is 0 Å². The van der Waals surface area contributed by atoms with Gasteiger partial charge in [0.1, 0.15) is 12.4 Å². The molecule has 0 saturated carbocycles. The zero-order valence-electron chi connectivity index (χ0n) is 18.3. The van der Waals surface area contributed by atoms with Gasteiger partial charge < -0.3 is 14.5 Å². The zero-order chi connectivity index (χ0) is 23.9. The monoisotopic (exact) mass is 480 g/mol. The predicted molar refractivity (Wildman–Crippen MR) is 124 cm³/mol. The van der Waals surface area contributed by atoms with Crippen LogP contribution in [0.2, 0.25) is 0 Å². The van der Waals surface area contributed by atoms with Crippen molar-refractivity contribution in [3.63, 3.8) is 0 Å². The Morgan fingerprint density at radius 1 is 1.12 bits per heavy atom. The maximum absolute atomic E-state index is 13.9. The van der Waals surface area contributed by atoms with Crippen molar-refractivity contribution in [1.29, 1.82) is 0 Å². The van der Waals surface area contributed by atoms with Crippen LogP contribution in [-0.2, 0) is 29.0 Å². The molecule has 0 aliphatic heterocycles. The first-order valence-electron chi connectivity index (χ1n) is 10.6. The third kappa shape index (κ3) is 5.90. The lowest BCUT2D eigenvalue weighted by atomic mass is 10.1. The number of esters is 1. The van der Waals surface area contributed by atoms with E-state index in [4.69, 9.17) is 9.15 Å². The van der Waals surface area contributed by atoms with E-state index in [2.05, 4.69) is 27.4 Å². The maximum Gasteiger partial charge on any atom is 0.306 e. The summed E-state index contributed by atoms with van der Waals surface area (Å²) in [6.45, 7) is 1.96. The second kappa shape index (κ2) is 10.8. The van der Waals surface area contributed by atoms with Gasteiger partial charge in [-0.3, -0.25) is 9.59 Å². The number of anilines is 1. The molecule has 174 valence electrons. The van der Waals surface area contributed by atoms with Crippen molar-refractivity contribution in [2.24, 2.45) is 0 Å². The number of rotatable bonds is 9. The van der Waals surface area contributed by atoms with E-state index in [0.29, 0.717) is 27.9 Å². The Bertz CT molecular complexity index is 1290. The number of carbonyl (C=O) groups excluding carboxylic acids is 2. The molecule has 0 aliphatic rings. The van der Waals surface area contributed by atoms with Crippen LogP contribution >= 0.6 is 11.3 Å². The summed E-state index contributed by atoms with van der Waals surface area (Å²) in [5.74, 6) is -0.680. The van der Waals surface area contributed by atoms with Crippen molar-refractivity contribution in [1.82, 2.24) is 15.2 Å². The van der Waals surface area contributed by atoms with E-state index in [1.54, 1.807) is 18.2 Å². The fourth-order valence-corrected chi connectivity index (χ4v) is 3.69. The number of nitrogens with zero attached hydrogens (tertiary/aromatic N) is 3. The van der Waals surface area contributed by atoms with Crippen LogP contribution in [0.3, 0.4) is 0 Å². The molecule has 1 amide bonds. The summed E-state index contributed by atoms with van der Waals surface area (Å²) in [4.78, 5) is 28.5. The zero-order valence-corrected chi connectivity index (χ0v) is 19.1. The average molecular weight is 481 g/mol. The molecule has 2 aromatic carbocycles. The Hall–Kier alpha value is -3.92. The van der Waals surface area contributed by atoms with Gasteiger partial charge in [0.25, 0.3) is 5.91 Å². The average Bonchev–Trinajstić information content (AvgIpc) is 3.52. The minimum Gasteiger partial charge on any atom is -0.458 e. The van der Waals surface area contributed by atoms with E-state index in [1.807, 2.05) is 24.3 Å². The summed E-state index contributed by atoms with van der Waals surface area (Å²) in [5, 5.41) is 11.1.